The first kappa shape index (κ1) is 15.7. The lowest BCUT2D eigenvalue weighted by molar-refractivity contribution is -0.136. The van der Waals surface area contributed by atoms with Gasteiger partial charge in [0.1, 0.15) is 0 Å². The standard InChI is InChI=1S/C14H19N3O3/c1-10-4-6-11(7-5-10)16-14(20)13(19)15-9-8-12(18)17(2)3/h4-7H,8-9H2,1-3H3,(H,15,19)(H,16,20). The summed E-state index contributed by atoms with van der Waals surface area (Å²) in [6.45, 7) is 2.07. The first-order valence-electron chi connectivity index (χ1n) is 6.26. The Kier molecular flexibility index (Phi) is 5.71. The van der Waals surface area contributed by atoms with Crippen molar-refractivity contribution in [1.29, 1.82) is 0 Å². The minimum absolute atomic E-state index is 0.107. The zero-order chi connectivity index (χ0) is 15.1. The van der Waals surface area contributed by atoms with E-state index >= 15 is 0 Å². The summed E-state index contributed by atoms with van der Waals surface area (Å²) in [6.07, 6.45) is 0.163. The van der Waals surface area contributed by atoms with E-state index in [-0.39, 0.29) is 18.9 Å². The van der Waals surface area contributed by atoms with E-state index in [2.05, 4.69) is 10.6 Å². The molecular weight excluding hydrogens is 258 g/mol. The van der Waals surface area contributed by atoms with Gasteiger partial charge < -0.3 is 15.5 Å². The van der Waals surface area contributed by atoms with Crippen LogP contribution >= 0.6 is 0 Å². The van der Waals surface area contributed by atoms with Crippen LogP contribution in [0.1, 0.15) is 12.0 Å². The number of carbonyl (C=O) groups is 3. The average Bonchev–Trinajstić information content (AvgIpc) is 2.40. The maximum Gasteiger partial charge on any atom is 0.313 e. The molecular formula is C14H19N3O3. The lowest BCUT2D eigenvalue weighted by atomic mass is 10.2. The van der Waals surface area contributed by atoms with Gasteiger partial charge in [-0.3, -0.25) is 14.4 Å². The highest BCUT2D eigenvalue weighted by atomic mass is 16.2. The highest BCUT2D eigenvalue weighted by molar-refractivity contribution is 6.39. The monoisotopic (exact) mass is 277 g/mol. The molecule has 0 heterocycles. The quantitative estimate of drug-likeness (QED) is 0.788. The second kappa shape index (κ2) is 7.28. The largest absolute Gasteiger partial charge is 0.349 e. The number of hydrogen-bond donors (Lipinski definition) is 2. The van der Waals surface area contributed by atoms with Gasteiger partial charge in [-0.15, -0.1) is 0 Å². The summed E-state index contributed by atoms with van der Waals surface area (Å²) in [5, 5.41) is 4.88. The van der Waals surface area contributed by atoms with E-state index in [4.69, 9.17) is 0 Å². The highest BCUT2D eigenvalue weighted by Crippen LogP contribution is 2.08. The molecule has 0 atom stereocenters. The van der Waals surface area contributed by atoms with Gasteiger partial charge in [-0.25, -0.2) is 0 Å². The zero-order valence-corrected chi connectivity index (χ0v) is 11.9. The Morgan fingerprint density at radius 2 is 1.65 bits per heavy atom. The smallest absolute Gasteiger partial charge is 0.313 e. The molecule has 0 aliphatic carbocycles. The van der Waals surface area contributed by atoms with Crippen LogP contribution in [-0.4, -0.2) is 43.3 Å². The Hall–Kier alpha value is -2.37. The predicted molar refractivity (Wildman–Crippen MR) is 76.1 cm³/mol. The maximum atomic E-state index is 11.6. The second-order valence-corrected chi connectivity index (χ2v) is 4.61. The van der Waals surface area contributed by atoms with Crippen LogP contribution in [0, 0.1) is 6.92 Å². The third-order valence-corrected chi connectivity index (χ3v) is 2.64. The molecule has 0 radical (unpaired) electrons. The first-order chi connectivity index (χ1) is 9.40. The molecule has 0 aliphatic heterocycles. The number of benzene rings is 1. The third-order valence-electron chi connectivity index (χ3n) is 2.64. The van der Waals surface area contributed by atoms with E-state index in [0.29, 0.717) is 5.69 Å². The predicted octanol–water partition coefficient (Wildman–Crippen LogP) is 0.528. The molecule has 0 saturated carbocycles. The molecule has 0 unspecified atom stereocenters. The van der Waals surface area contributed by atoms with Crippen LogP contribution in [0.2, 0.25) is 0 Å². The summed E-state index contributed by atoms with van der Waals surface area (Å²) in [5.74, 6) is -1.60. The van der Waals surface area contributed by atoms with Crippen LogP contribution in [0.4, 0.5) is 5.69 Å². The first-order valence-corrected chi connectivity index (χ1v) is 6.26. The fraction of sp³-hybridized carbons (Fsp3) is 0.357. The van der Waals surface area contributed by atoms with Crippen LogP contribution in [0.5, 0.6) is 0 Å². The molecule has 0 fully saturated rings. The lowest BCUT2D eigenvalue weighted by Crippen LogP contribution is -2.37. The molecule has 0 aromatic heterocycles. The lowest BCUT2D eigenvalue weighted by Gasteiger charge is -2.10. The summed E-state index contributed by atoms with van der Waals surface area (Å²) in [5.41, 5.74) is 1.62. The molecule has 6 heteroatoms. The number of carbonyl (C=O) groups excluding carboxylic acids is 3. The Labute approximate surface area is 118 Å². The molecule has 1 aromatic rings. The third kappa shape index (κ3) is 5.09. The minimum atomic E-state index is -0.753. The number of aryl methyl sites for hydroxylation is 1. The Balaban J connectivity index is 2.38. The fourth-order valence-corrected chi connectivity index (χ4v) is 1.41. The van der Waals surface area contributed by atoms with Crippen molar-refractivity contribution in [2.24, 2.45) is 0 Å². The van der Waals surface area contributed by atoms with Crippen molar-refractivity contribution < 1.29 is 14.4 Å². The van der Waals surface area contributed by atoms with Gasteiger partial charge >= 0.3 is 11.8 Å². The van der Waals surface area contributed by atoms with Crippen molar-refractivity contribution >= 4 is 23.4 Å². The van der Waals surface area contributed by atoms with Gasteiger partial charge in [0.15, 0.2) is 0 Å². The molecule has 108 valence electrons. The van der Waals surface area contributed by atoms with Crippen molar-refractivity contribution in [1.82, 2.24) is 10.2 Å². The number of nitrogens with zero attached hydrogens (tertiary/aromatic N) is 1. The summed E-state index contributed by atoms with van der Waals surface area (Å²) in [4.78, 5) is 35.8. The SMILES string of the molecule is Cc1ccc(NC(=O)C(=O)NCCC(=O)N(C)C)cc1. The fourth-order valence-electron chi connectivity index (χ4n) is 1.41. The van der Waals surface area contributed by atoms with Crippen molar-refractivity contribution in [2.45, 2.75) is 13.3 Å². The van der Waals surface area contributed by atoms with E-state index in [1.165, 1.54) is 4.90 Å². The van der Waals surface area contributed by atoms with E-state index in [1.54, 1.807) is 26.2 Å². The molecule has 0 spiro atoms. The molecule has 2 N–H and O–H groups in total. The van der Waals surface area contributed by atoms with Crippen LogP contribution in [0.25, 0.3) is 0 Å². The highest BCUT2D eigenvalue weighted by Gasteiger charge is 2.13. The summed E-state index contributed by atoms with van der Waals surface area (Å²) < 4.78 is 0. The number of rotatable bonds is 4. The molecule has 0 bridgehead atoms. The van der Waals surface area contributed by atoms with Crippen LogP contribution in [0.15, 0.2) is 24.3 Å². The number of hydrogen-bond acceptors (Lipinski definition) is 3. The summed E-state index contributed by atoms with van der Waals surface area (Å²) in [6, 6.07) is 7.11. The van der Waals surface area contributed by atoms with E-state index in [1.807, 2.05) is 19.1 Å². The zero-order valence-electron chi connectivity index (χ0n) is 11.9. The minimum Gasteiger partial charge on any atom is -0.349 e. The number of anilines is 1. The van der Waals surface area contributed by atoms with Crippen LogP contribution in [-0.2, 0) is 14.4 Å². The molecule has 6 nitrogen and oxygen atoms in total. The normalized spacial score (nSPS) is 9.75. The molecule has 20 heavy (non-hydrogen) atoms. The van der Waals surface area contributed by atoms with Crippen molar-refractivity contribution in [3.05, 3.63) is 29.8 Å². The molecule has 0 saturated heterocycles. The second-order valence-electron chi connectivity index (χ2n) is 4.61. The molecule has 1 rings (SSSR count). The van der Waals surface area contributed by atoms with Crippen LogP contribution in [0.3, 0.4) is 0 Å². The van der Waals surface area contributed by atoms with Crippen LogP contribution < -0.4 is 10.6 Å². The van der Waals surface area contributed by atoms with Crippen molar-refractivity contribution in [2.75, 3.05) is 26.0 Å². The average molecular weight is 277 g/mol. The summed E-state index contributed by atoms with van der Waals surface area (Å²) in [7, 11) is 3.27. The van der Waals surface area contributed by atoms with Gasteiger partial charge in [0.05, 0.1) is 0 Å². The van der Waals surface area contributed by atoms with E-state index in [9.17, 15) is 14.4 Å². The summed E-state index contributed by atoms with van der Waals surface area (Å²) >= 11 is 0. The van der Waals surface area contributed by atoms with E-state index in [0.717, 1.165) is 5.56 Å². The van der Waals surface area contributed by atoms with Gasteiger partial charge in [-0.05, 0) is 19.1 Å². The molecule has 0 aliphatic rings. The van der Waals surface area contributed by atoms with Gasteiger partial charge in [0, 0.05) is 32.7 Å². The Morgan fingerprint density at radius 1 is 1.05 bits per heavy atom. The van der Waals surface area contributed by atoms with Crippen molar-refractivity contribution in [3.8, 4) is 0 Å². The van der Waals surface area contributed by atoms with Gasteiger partial charge in [0.25, 0.3) is 0 Å². The maximum absolute atomic E-state index is 11.6. The molecule has 1 aromatic carbocycles. The van der Waals surface area contributed by atoms with Gasteiger partial charge in [-0.2, -0.15) is 0 Å². The number of amides is 3. The van der Waals surface area contributed by atoms with Crippen molar-refractivity contribution in [3.63, 3.8) is 0 Å². The van der Waals surface area contributed by atoms with Gasteiger partial charge in [0.2, 0.25) is 5.91 Å². The Bertz CT molecular complexity index is 495. The Morgan fingerprint density at radius 3 is 2.20 bits per heavy atom. The molecule has 3 amide bonds. The van der Waals surface area contributed by atoms with E-state index < -0.39 is 11.8 Å². The number of nitrogens with one attached hydrogen (secondary N) is 2. The topological polar surface area (TPSA) is 78.5 Å². The van der Waals surface area contributed by atoms with Gasteiger partial charge in [-0.1, -0.05) is 17.7 Å².